The number of amidine groups is 1. The Kier molecular flexibility index (Phi) is 4.14. The molecule has 2 nitrogen and oxygen atoms in total. The maximum Gasteiger partial charge on any atom is 0.101 e. The van der Waals surface area contributed by atoms with E-state index in [0.717, 1.165) is 11.0 Å². The molecule has 0 spiro atoms. The van der Waals surface area contributed by atoms with Crippen molar-refractivity contribution < 1.29 is 0 Å². The summed E-state index contributed by atoms with van der Waals surface area (Å²) in [5, 5.41) is 8.08. The second-order valence-electron chi connectivity index (χ2n) is 5.05. The maximum atomic E-state index is 8.08. The molecule has 1 aromatic rings. The number of nitrogens with zero attached hydrogens (tertiary/aromatic N) is 1. The summed E-state index contributed by atoms with van der Waals surface area (Å²) in [7, 11) is 1.97. The molecular weight excluding hydrogens is 264 g/mol. The van der Waals surface area contributed by atoms with Gasteiger partial charge in [0.2, 0.25) is 0 Å². The Balaban J connectivity index is 2.76. The Morgan fingerprint density at radius 3 is 2.38 bits per heavy atom. The quantitative estimate of drug-likeness (QED) is 0.646. The minimum Gasteiger partial charge on any atom is -0.359 e. The molecule has 0 saturated heterocycles. The van der Waals surface area contributed by atoms with Crippen molar-refractivity contribution in [2.45, 2.75) is 27.3 Å². The van der Waals surface area contributed by atoms with E-state index in [1.165, 1.54) is 5.56 Å². The lowest BCUT2D eigenvalue weighted by Gasteiger charge is -2.29. The molecule has 0 aliphatic rings. The lowest BCUT2D eigenvalue weighted by atomic mass is 9.94. The average Bonchev–Trinajstić information content (AvgIpc) is 2.19. The number of rotatable bonds is 2. The molecule has 0 saturated carbocycles. The summed E-state index contributed by atoms with van der Waals surface area (Å²) >= 11 is 3.53. The molecule has 16 heavy (non-hydrogen) atoms. The smallest absolute Gasteiger partial charge is 0.101 e. The van der Waals surface area contributed by atoms with Crippen LogP contribution >= 0.6 is 15.9 Å². The Morgan fingerprint density at radius 1 is 1.31 bits per heavy atom. The SMILES string of the molecule is CN(Cc1ccccc1Br)C(=N)C(C)(C)C. The van der Waals surface area contributed by atoms with Crippen LogP contribution in [0.1, 0.15) is 26.3 Å². The molecule has 0 heterocycles. The van der Waals surface area contributed by atoms with Gasteiger partial charge in [-0.05, 0) is 11.6 Å². The molecule has 0 aliphatic carbocycles. The molecule has 0 aliphatic heterocycles. The van der Waals surface area contributed by atoms with Gasteiger partial charge in [-0.25, -0.2) is 0 Å². The average molecular weight is 283 g/mol. The maximum absolute atomic E-state index is 8.08. The summed E-state index contributed by atoms with van der Waals surface area (Å²) in [6.07, 6.45) is 0. The first-order valence-electron chi connectivity index (χ1n) is 5.36. The lowest BCUT2D eigenvalue weighted by molar-refractivity contribution is 0.417. The number of hydrogen-bond donors (Lipinski definition) is 1. The van der Waals surface area contributed by atoms with E-state index < -0.39 is 0 Å². The van der Waals surface area contributed by atoms with Crippen molar-refractivity contribution in [1.29, 1.82) is 5.41 Å². The van der Waals surface area contributed by atoms with Crippen molar-refractivity contribution in [2.75, 3.05) is 7.05 Å². The molecule has 0 unspecified atom stereocenters. The van der Waals surface area contributed by atoms with Gasteiger partial charge in [0.15, 0.2) is 0 Å². The van der Waals surface area contributed by atoms with Crippen molar-refractivity contribution in [2.24, 2.45) is 5.41 Å². The van der Waals surface area contributed by atoms with Crippen LogP contribution in [0.2, 0.25) is 0 Å². The summed E-state index contributed by atoms with van der Waals surface area (Å²) < 4.78 is 1.10. The topological polar surface area (TPSA) is 27.1 Å². The molecule has 0 atom stereocenters. The number of benzene rings is 1. The molecule has 1 aromatic carbocycles. The standard InChI is InChI=1S/C13H19BrN2/c1-13(2,3)12(15)16(4)9-10-7-5-6-8-11(10)14/h5-8,15H,9H2,1-4H3. The van der Waals surface area contributed by atoms with Crippen molar-refractivity contribution >= 4 is 21.8 Å². The third-order valence-corrected chi connectivity index (χ3v) is 3.23. The van der Waals surface area contributed by atoms with Gasteiger partial charge in [0.1, 0.15) is 5.84 Å². The summed E-state index contributed by atoms with van der Waals surface area (Å²) in [6, 6.07) is 8.14. The first-order chi connectivity index (χ1) is 7.32. The Hall–Kier alpha value is -0.830. The molecule has 0 amide bonds. The Labute approximate surface area is 106 Å². The van der Waals surface area contributed by atoms with Crippen molar-refractivity contribution in [3.8, 4) is 0 Å². The molecule has 3 heteroatoms. The molecule has 0 aromatic heterocycles. The van der Waals surface area contributed by atoms with Gasteiger partial charge in [-0.2, -0.15) is 0 Å². The molecule has 0 radical (unpaired) electrons. The molecule has 1 N–H and O–H groups in total. The molecule has 0 fully saturated rings. The fourth-order valence-electron chi connectivity index (χ4n) is 1.53. The van der Waals surface area contributed by atoms with E-state index in [-0.39, 0.29) is 5.41 Å². The van der Waals surface area contributed by atoms with Crippen molar-refractivity contribution in [1.82, 2.24) is 4.90 Å². The van der Waals surface area contributed by atoms with E-state index in [1.807, 2.05) is 30.1 Å². The van der Waals surface area contributed by atoms with Gasteiger partial charge in [-0.15, -0.1) is 0 Å². The predicted octanol–water partition coefficient (Wildman–Crippen LogP) is 3.90. The van der Waals surface area contributed by atoms with Gasteiger partial charge in [-0.1, -0.05) is 54.9 Å². The predicted molar refractivity (Wildman–Crippen MR) is 72.8 cm³/mol. The first-order valence-corrected chi connectivity index (χ1v) is 6.15. The number of nitrogens with one attached hydrogen (secondary N) is 1. The Bertz CT molecular complexity index is 380. The van der Waals surface area contributed by atoms with E-state index in [4.69, 9.17) is 5.41 Å². The zero-order valence-corrected chi connectivity index (χ0v) is 11.9. The minimum absolute atomic E-state index is 0.101. The fraction of sp³-hybridized carbons (Fsp3) is 0.462. The zero-order chi connectivity index (χ0) is 12.3. The fourth-order valence-corrected chi connectivity index (χ4v) is 1.94. The van der Waals surface area contributed by atoms with Crippen LogP contribution in [0.5, 0.6) is 0 Å². The van der Waals surface area contributed by atoms with E-state index in [1.54, 1.807) is 0 Å². The van der Waals surface area contributed by atoms with Crippen LogP contribution < -0.4 is 0 Å². The van der Waals surface area contributed by atoms with Gasteiger partial charge < -0.3 is 4.90 Å². The summed E-state index contributed by atoms with van der Waals surface area (Å²) in [5.74, 6) is 0.656. The van der Waals surface area contributed by atoms with Crippen LogP contribution in [-0.2, 0) is 6.54 Å². The van der Waals surface area contributed by atoms with Crippen LogP contribution in [0.25, 0.3) is 0 Å². The van der Waals surface area contributed by atoms with Gasteiger partial charge in [0, 0.05) is 23.5 Å². The van der Waals surface area contributed by atoms with Crippen LogP contribution in [0.4, 0.5) is 0 Å². The Morgan fingerprint density at radius 2 is 1.88 bits per heavy atom. The monoisotopic (exact) mass is 282 g/mol. The molecule has 0 bridgehead atoms. The molecule has 1 rings (SSSR count). The van der Waals surface area contributed by atoms with Crippen molar-refractivity contribution in [3.05, 3.63) is 34.3 Å². The first kappa shape index (κ1) is 13.2. The second-order valence-corrected chi connectivity index (χ2v) is 5.90. The zero-order valence-electron chi connectivity index (χ0n) is 10.3. The largest absolute Gasteiger partial charge is 0.359 e. The van der Waals surface area contributed by atoms with Crippen LogP contribution in [0, 0.1) is 10.8 Å². The summed E-state index contributed by atoms with van der Waals surface area (Å²) in [4.78, 5) is 1.99. The van der Waals surface area contributed by atoms with E-state index in [2.05, 4.69) is 42.8 Å². The van der Waals surface area contributed by atoms with E-state index in [9.17, 15) is 0 Å². The summed E-state index contributed by atoms with van der Waals surface area (Å²) in [5.41, 5.74) is 1.11. The van der Waals surface area contributed by atoms with Crippen LogP contribution in [-0.4, -0.2) is 17.8 Å². The minimum atomic E-state index is -0.101. The molecular formula is C13H19BrN2. The number of halogens is 1. The highest BCUT2D eigenvalue weighted by Crippen LogP contribution is 2.21. The normalized spacial score (nSPS) is 11.3. The van der Waals surface area contributed by atoms with Crippen molar-refractivity contribution in [3.63, 3.8) is 0 Å². The third kappa shape index (κ3) is 3.34. The van der Waals surface area contributed by atoms with E-state index in [0.29, 0.717) is 5.84 Å². The van der Waals surface area contributed by atoms with Gasteiger partial charge in [-0.3, -0.25) is 5.41 Å². The van der Waals surface area contributed by atoms with Gasteiger partial charge in [0.05, 0.1) is 0 Å². The number of hydrogen-bond acceptors (Lipinski definition) is 1. The summed E-state index contributed by atoms with van der Waals surface area (Å²) in [6.45, 7) is 6.95. The molecule has 88 valence electrons. The van der Waals surface area contributed by atoms with E-state index >= 15 is 0 Å². The van der Waals surface area contributed by atoms with Gasteiger partial charge >= 0.3 is 0 Å². The van der Waals surface area contributed by atoms with Gasteiger partial charge in [0.25, 0.3) is 0 Å². The second kappa shape index (κ2) is 5.00. The van der Waals surface area contributed by atoms with Crippen LogP contribution in [0.3, 0.4) is 0 Å². The van der Waals surface area contributed by atoms with Crippen LogP contribution in [0.15, 0.2) is 28.7 Å². The highest BCUT2D eigenvalue weighted by Gasteiger charge is 2.21. The highest BCUT2D eigenvalue weighted by atomic mass is 79.9. The highest BCUT2D eigenvalue weighted by molar-refractivity contribution is 9.10. The third-order valence-electron chi connectivity index (χ3n) is 2.46. The lowest BCUT2D eigenvalue weighted by Crippen LogP contribution is -2.35.